The Bertz CT molecular complexity index is 360. The summed E-state index contributed by atoms with van der Waals surface area (Å²) >= 11 is 0. The van der Waals surface area contributed by atoms with E-state index >= 15 is 0 Å². The van der Waals surface area contributed by atoms with Crippen LogP contribution in [0, 0.1) is 17.8 Å². The molecule has 4 rings (SSSR count). The standard InChI is InChI=1S/C16H27N3O/c20-16(15(12-1-2-12)13-3-4-13)19-8-5-14(11-19)18-9-6-17-7-10-18/h12-15,17H,1-11H2. The highest BCUT2D eigenvalue weighted by molar-refractivity contribution is 5.80. The van der Waals surface area contributed by atoms with Gasteiger partial charge in [-0.15, -0.1) is 0 Å². The van der Waals surface area contributed by atoms with E-state index in [4.69, 9.17) is 0 Å². The van der Waals surface area contributed by atoms with Crippen molar-refractivity contribution in [2.75, 3.05) is 39.3 Å². The Morgan fingerprint density at radius 2 is 1.60 bits per heavy atom. The molecule has 1 amide bonds. The highest BCUT2D eigenvalue weighted by atomic mass is 16.2. The first kappa shape index (κ1) is 13.1. The zero-order chi connectivity index (χ0) is 13.5. The molecule has 2 aliphatic heterocycles. The molecule has 2 heterocycles. The molecule has 0 bridgehead atoms. The molecule has 2 aliphatic carbocycles. The topological polar surface area (TPSA) is 35.6 Å². The molecular formula is C16H27N3O. The third-order valence-electron chi connectivity index (χ3n) is 5.69. The number of nitrogens with one attached hydrogen (secondary N) is 1. The second-order valence-corrected chi connectivity index (χ2v) is 7.21. The van der Waals surface area contributed by atoms with Crippen LogP contribution in [-0.4, -0.2) is 61.0 Å². The van der Waals surface area contributed by atoms with Gasteiger partial charge in [0.25, 0.3) is 0 Å². The summed E-state index contributed by atoms with van der Waals surface area (Å²) in [6, 6.07) is 0.625. The van der Waals surface area contributed by atoms with E-state index < -0.39 is 0 Å². The van der Waals surface area contributed by atoms with Crippen LogP contribution < -0.4 is 5.32 Å². The minimum Gasteiger partial charge on any atom is -0.341 e. The largest absolute Gasteiger partial charge is 0.341 e. The predicted octanol–water partition coefficient (Wildman–Crippen LogP) is 0.929. The van der Waals surface area contributed by atoms with E-state index in [0.717, 1.165) is 51.1 Å². The summed E-state index contributed by atoms with van der Waals surface area (Å²) in [7, 11) is 0. The molecule has 1 atom stereocenters. The molecule has 0 aromatic heterocycles. The Balaban J connectivity index is 1.36. The summed E-state index contributed by atoms with van der Waals surface area (Å²) in [5.74, 6) is 2.39. The Kier molecular flexibility index (Phi) is 3.47. The number of hydrogen-bond donors (Lipinski definition) is 1. The van der Waals surface area contributed by atoms with Gasteiger partial charge in [-0.3, -0.25) is 9.69 Å². The molecule has 1 N–H and O–H groups in total. The fourth-order valence-corrected chi connectivity index (χ4v) is 4.20. The number of piperazine rings is 1. The molecule has 0 aromatic carbocycles. The van der Waals surface area contributed by atoms with Crippen molar-refractivity contribution in [3.63, 3.8) is 0 Å². The quantitative estimate of drug-likeness (QED) is 0.830. The van der Waals surface area contributed by atoms with Crippen LogP contribution in [0.2, 0.25) is 0 Å². The van der Waals surface area contributed by atoms with E-state index in [0.29, 0.717) is 17.9 Å². The van der Waals surface area contributed by atoms with Crippen molar-refractivity contribution < 1.29 is 4.79 Å². The lowest BCUT2D eigenvalue weighted by Crippen LogP contribution is -2.49. The average Bonchev–Trinajstić information content (AvgIpc) is 3.42. The van der Waals surface area contributed by atoms with Crippen LogP contribution in [0.1, 0.15) is 32.1 Å². The van der Waals surface area contributed by atoms with Gasteiger partial charge in [0.15, 0.2) is 0 Å². The summed E-state index contributed by atoms with van der Waals surface area (Å²) in [6.45, 7) is 6.52. The molecule has 1 unspecified atom stereocenters. The molecule has 2 saturated carbocycles. The number of carbonyl (C=O) groups is 1. The van der Waals surface area contributed by atoms with E-state index in [1.54, 1.807) is 0 Å². The Hall–Kier alpha value is -0.610. The van der Waals surface area contributed by atoms with Crippen LogP contribution in [0.15, 0.2) is 0 Å². The van der Waals surface area contributed by atoms with Gasteiger partial charge in [-0.2, -0.15) is 0 Å². The van der Waals surface area contributed by atoms with Crippen molar-refractivity contribution in [3.8, 4) is 0 Å². The van der Waals surface area contributed by atoms with E-state index in [1.807, 2.05) is 0 Å². The molecule has 0 spiro atoms. The lowest BCUT2D eigenvalue weighted by molar-refractivity contribution is -0.136. The van der Waals surface area contributed by atoms with Crippen LogP contribution in [0.5, 0.6) is 0 Å². The van der Waals surface area contributed by atoms with Crippen LogP contribution in [-0.2, 0) is 4.79 Å². The Morgan fingerprint density at radius 1 is 0.950 bits per heavy atom. The SMILES string of the molecule is O=C(C(C1CC1)C1CC1)N1CCC(N2CCNCC2)C1. The highest BCUT2D eigenvalue weighted by Crippen LogP contribution is 2.50. The Labute approximate surface area is 121 Å². The van der Waals surface area contributed by atoms with Gasteiger partial charge < -0.3 is 10.2 Å². The van der Waals surface area contributed by atoms with Crippen molar-refractivity contribution in [1.82, 2.24) is 15.1 Å². The minimum absolute atomic E-state index is 0.400. The van der Waals surface area contributed by atoms with Crippen molar-refractivity contribution >= 4 is 5.91 Å². The van der Waals surface area contributed by atoms with E-state index in [2.05, 4.69) is 15.1 Å². The second-order valence-electron chi connectivity index (χ2n) is 7.21. The number of amides is 1. The van der Waals surface area contributed by atoms with Crippen molar-refractivity contribution in [2.24, 2.45) is 17.8 Å². The van der Waals surface area contributed by atoms with Crippen molar-refractivity contribution in [2.45, 2.75) is 38.1 Å². The van der Waals surface area contributed by atoms with Crippen molar-refractivity contribution in [3.05, 3.63) is 0 Å². The van der Waals surface area contributed by atoms with E-state index in [9.17, 15) is 4.79 Å². The number of carbonyl (C=O) groups excluding carboxylic acids is 1. The van der Waals surface area contributed by atoms with Gasteiger partial charge in [0.1, 0.15) is 0 Å². The molecule has 4 aliphatic rings. The third-order valence-corrected chi connectivity index (χ3v) is 5.69. The monoisotopic (exact) mass is 277 g/mol. The highest BCUT2D eigenvalue weighted by Gasteiger charge is 2.47. The van der Waals surface area contributed by atoms with Gasteiger partial charge >= 0.3 is 0 Å². The fraction of sp³-hybridized carbons (Fsp3) is 0.938. The summed E-state index contributed by atoms with van der Waals surface area (Å²) in [4.78, 5) is 17.6. The van der Waals surface area contributed by atoms with Gasteiger partial charge in [-0.1, -0.05) is 0 Å². The third kappa shape index (κ3) is 2.60. The molecule has 2 saturated heterocycles. The van der Waals surface area contributed by atoms with Gasteiger partial charge in [0, 0.05) is 51.2 Å². The second kappa shape index (κ2) is 5.30. The summed E-state index contributed by atoms with van der Waals surface area (Å²) in [6.07, 6.45) is 6.42. The maximum absolute atomic E-state index is 12.8. The van der Waals surface area contributed by atoms with Crippen LogP contribution in [0.25, 0.3) is 0 Å². The smallest absolute Gasteiger partial charge is 0.226 e. The minimum atomic E-state index is 0.400. The number of nitrogens with zero attached hydrogens (tertiary/aromatic N) is 2. The first-order valence-corrected chi connectivity index (χ1v) is 8.56. The summed E-state index contributed by atoms with van der Waals surface area (Å²) in [5.41, 5.74) is 0. The van der Waals surface area contributed by atoms with Crippen molar-refractivity contribution in [1.29, 1.82) is 0 Å². The molecule has 4 heteroatoms. The maximum Gasteiger partial charge on any atom is 0.226 e. The molecule has 112 valence electrons. The molecule has 0 aromatic rings. The molecular weight excluding hydrogens is 250 g/mol. The Morgan fingerprint density at radius 3 is 2.20 bits per heavy atom. The fourth-order valence-electron chi connectivity index (χ4n) is 4.20. The molecule has 4 fully saturated rings. The predicted molar refractivity (Wildman–Crippen MR) is 78.4 cm³/mol. The zero-order valence-electron chi connectivity index (χ0n) is 12.4. The van der Waals surface area contributed by atoms with Gasteiger partial charge in [-0.05, 0) is 43.9 Å². The summed E-state index contributed by atoms with van der Waals surface area (Å²) < 4.78 is 0. The van der Waals surface area contributed by atoms with Gasteiger partial charge in [-0.25, -0.2) is 0 Å². The van der Waals surface area contributed by atoms with Gasteiger partial charge in [0.2, 0.25) is 5.91 Å². The lowest BCUT2D eigenvalue weighted by atomic mass is 9.96. The first-order valence-electron chi connectivity index (χ1n) is 8.56. The molecule has 20 heavy (non-hydrogen) atoms. The van der Waals surface area contributed by atoms with Crippen LogP contribution in [0.3, 0.4) is 0 Å². The molecule has 4 nitrogen and oxygen atoms in total. The van der Waals surface area contributed by atoms with Gasteiger partial charge in [0.05, 0.1) is 0 Å². The first-order chi connectivity index (χ1) is 9.83. The summed E-state index contributed by atoms with van der Waals surface area (Å²) in [5, 5.41) is 3.41. The molecule has 0 radical (unpaired) electrons. The van der Waals surface area contributed by atoms with E-state index in [1.165, 1.54) is 32.1 Å². The number of likely N-dealkylation sites (tertiary alicyclic amines) is 1. The van der Waals surface area contributed by atoms with Crippen LogP contribution >= 0.6 is 0 Å². The number of rotatable bonds is 4. The lowest BCUT2D eigenvalue weighted by Gasteiger charge is -2.33. The van der Waals surface area contributed by atoms with Crippen LogP contribution in [0.4, 0.5) is 0 Å². The van der Waals surface area contributed by atoms with E-state index in [-0.39, 0.29) is 0 Å². The maximum atomic E-state index is 12.8. The number of hydrogen-bond acceptors (Lipinski definition) is 3. The average molecular weight is 277 g/mol. The zero-order valence-corrected chi connectivity index (χ0v) is 12.4. The normalized spacial score (nSPS) is 32.0.